The number of hydrogen-bond donors (Lipinski definition) is 2. The molecule has 8 heteroatoms. The third-order valence-electron chi connectivity index (χ3n) is 6.24. The summed E-state index contributed by atoms with van der Waals surface area (Å²) in [5.41, 5.74) is 2.09. The summed E-state index contributed by atoms with van der Waals surface area (Å²) in [7, 11) is 3.23. The van der Waals surface area contributed by atoms with Crippen LogP contribution < -0.4 is 20.1 Å². The number of carbonyl (C=O) groups is 1. The fourth-order valence-corrected chi connectivity index (χ4v) is 4.32. The molecule has 36 heavy (non-hydrogen) atoms. The SMILES string of the molecule is C=CC(=O)NC/C=C/c1nc(NC2CCN(Cc3ccccc3)CC2)c2cc(OC)c(OC)cc2n1. The van der Waals surface area contributed by atoms with E-state index in [4.69, 9.17) is 19.4 Å². The van der Waals surface area contributed by atoms with Crippen molar-refractivity contribution in [3.8, 4) is 11.5 Å². The Kier molecular flexibility index (Phi) is 8.52. The van der Waals surface area contributed by atoms with Crippen molar-refractivity contribution in [2.75, 3.05) is 39.2 Å². The second-order valence-corrected chi connectivity index (χ2v) is 8.69. The van der Waals surface area contributed by atoms with Gasteiger partial charge in [0.05, 0.1) is 19.7 Å². The number of aromatic nitrogens is 2. The van der Waals surface area contributed by atoms with Gasteiger partial charge in [0.2, 0.25) is 5.91 Å². The Hall–Kier alpha value is -3.91. The van der Waals surface area contributed by atoms with Gasteiger partial charge in [-0.3, -0.25) is 9.69 Å². The summed E-state index contributed by atoms with van der Waals surface area (Å²) < 4.78 is 11.0. The molecule has 1 aliphatic heterocycles. The number of nitrogens with one attached hydrogen (secondary N) is 2. The molecule has 2 N–H and O–H groups in total. The Bertz CT molecular complexity index is 1220. The lowest BCUT2D eigenvalue weighted by Crippen LogP contribution is -2.38. The predicted octanol–water partition coefficient (Wildman–Crippen LogP) is 4.04. The first-order chi connectivity index (χ1) is 17.6. The zero-order valence-corrected chi connectivity index (χ0v) is 20.9. The molecule has 0 bridgehead atoms. The van der Waals surface area contributed by atoms with E-state index in [1.165, 1.54) is 11.6 Å². The van der Waals surface area contributed by atoms with Crippen LogP contribution in [0.15, 0.2) is 61.2 Å². The minimum Gasteiger partial charge on any atom is -0.493 e. The van der Waals surface area contributed by atoms with Crippen LogP contribution in [-0.2, 0) is 11.3 Å². The highest BCUT2D eigenvalue weighted by atomic mass is 16.5. The number of piperidine rings is 1. The summed E-state index contributed by atoms with van der Waals surface area (Å²) >= 11 is 0. The molecule has 188 valence electrons. The normalized spacial score (nSPS) is 14.6. The summed E-state index contributed by atoms with van der Waals surface area (Å²) in [6.45, 7) is 6.83. The number of likely N-dealkylation sites (tertiary alicyclic amines) is 1. The second kappa shape index (κ2) is 12.2. The molecule has 3 aromatic rings. The highest BCUT2D eigenvalue weighted by molar-refractivity contribution is 5.92. The number of methoxy groups -OCH3 is 2. The van der Waals surface area contributed by atoms with Crippen LogP contribution in [0.4, 0.5) is 5.82 Å². The average molecular weight is 488 g/mol. The van der Waals surface area contributed by atoms with Crippen LogP contribution in [0.2, 0.25) is 0 Å². The van der Waals surface area contributed by atoms with E-state index in [1.807, 2.05) is 18.2 Å². The van der Waals surface area contributed by atoms with Crippen molar-refractivity contribution in [3.63, 3.8) is 0 Å². The van der Waals surface area contributed by atoms with E-state index >= 15 is 0 Å². The first kappa shape index (κ1) is 25.2. The van der Waals surface area contributed by atoms with Crippen LogP contribution in [0.3, 0.4) is 0 Å². The van der Waals surface area contributed by atoms with Gasteiger partial charge in [-0.05, 0) is 36.6 Å². The Morgan fingerprint density at radius 1 is 1.11 bits per heavy atom. The third kappa shape index (κ3) is 6.40. The Morgan fingerprint density at radius 3 is 2.53 bits per heavy atom. The molecule has 0 unspecified atom stereocenters. The predicted molar refractivity (Wildman–Crippen MR) is 143 cm³/mol. The van der Waals surface area contributed by atoms with Gasteiger partial charge in [0, 0.05) is 43.7 Å². The Balaban J connectivity index is 1.52. The molecule has 0 spiro atoms. The molecule has 2 aromatic carbocycles. The average Bonchev–Trinajstić information content (AvgIpc) is 2.91. The van der Waals surface area contributed by atoms with E-state index in [1.54, 1.807) is 20.3 Å². The number of rotatable bonds is 10. The summed E-state index contributed by atoms with van der Waals surface area (Å²) in [6.07, 6.45) is 6.89. The number of nitrogens with zero attached hydrogens (tertiary/aromatic N) is 3. The molecule has 0 radical (unpaired) electrons. The van der Waals surface area contributed by atoms with Crippen LogP contribution in [-0.4, -0.2) is 60.7 Å². The van der Waals surface area contributed by atoms with Crippen molar-refractivity contribution in [3.05, 3.63) is 72.6 Å². The lowest BCUT2D eigenvalue weighted by molar-refractivity contribution is -0.116. The van der Waals surface area contributed by atoms with Crippen molar-refractivity contribution >= 4 is 28.7 Å². The highest BCUT2D eigenvalue weighted by Gasteiger charge is 2.21. The van der Waals surface area contributed by atoms with Gasteiger partial charge >= 0.3 is 0 Å². The fourth-order valence-electron chi connectivity index (χ4n) is 4.32. The highest BCUT2D eigenvalue weighted by Crippen LogP contribution is 2.34. The van der Waals surface area contributed by atoms with Crippen molar-refractivity contribution in [1.29, 1.82) is 0 Å². The van der Waals surface area contributed by atoms with Crippen LogP contribution >= 0.6 is 0 Å². The first-order valence-corrected chi connectivity index (χ1v) is 12.1. The number of benzene rings is 2. The molecule has 1 amide bonds. The molecule has 1 saturated heterocycles. The standard InChI is InChI=1S/C28H33N5O3/c1-4-27(34)29-14-8-11-26-31-23-18-25(36-3)24(35-2)17-22(23)28(32-26)30-21-12-15-33(16-13-21)19-20-9-6-5-7-10-20/h4-11,17-18,21H,1,12-16,19H2,2-3H3,(H,29,34)(H,30,31,32)/b11-8+. The lowest BCUT2D eigenvalue weighted by atomic mass is 10.0. The maximum atomic E-state index is 11.4. The van der Waals surface area contributed by atoms with Crippen LogP contribution in [0.1, 0.15) is 24.2 Å². The minimum atomic E-state index is -0.225. The van der Waals surface area contributed by atoms with Gasteiger partial charge in [0.15, 0.2) is 17.3 Å². The van der Waals surface area contributed by atoms with Gasteiger partial charge in [-0.15, -0.1) is 0 Å². The number of amides is 1. The third-order valence-corrected chi connectivity index (χ3v) is 6.24. The summed E-state index contributed by atoms with van der Waals surface area (Å²) in [6, 6.07) is 14.7. The molecule has 0 atom stereocenters. The fraction of sp³-hybridized carbons (Fsp3) is 0.321. The molecule has 2 heterocycles. The van der Waals surface area contributed by atoms with Gasteiger partial charge in [-0.25, -0.2) is 9.97 Å². The van der Waals surface area contributed by atoms with Crippen molar-refractivity contribution < 1.29 is 14.3 Å². The molecule has 1 fully saturated rings. The monoisotopic (exact) mass is 487 g/mol. The quantitative estimate of drug-likeness (QED) is 0.417. The lowest BCUT2D eigenvalue weighted by Gasteiger charge is -2.32. The zero-order valence-electron chi connectivity index (χ0n) is 20.9. The van der Waals surface area contributed by atoms with E-state index in [0.717, 1.165) is 49.2 Å². The smallest absolute Gasteiger partial charge is 0.243 e. The minimum absolute atomic E-state index is 0.225. The summed E-state index contributed by atoms with van der Waals surface area (Å²) in [5, 5.41) is 7.25. The van der Waals surface area contributed by atoms with Gasteiger partial charge < -0.3 is 20.1 Å². The van der Waals surface area contributed by atoms with E-state index in [2.05, 4.69) is 52.4 Å². The van der Waals surface area contributed by atoms with Crippen molar-refractivity contribution in [2.45, 2.75) is 25.4 Å². The number of anilines is 1. The second-order valence-electron chi connectivity index (χ2n) is 8.69. The molecule has 0 saturated carbocycles. The first-order valence-electron chi connectivity index (χ1n) is 12.1. The van der Waals surface area contributed by atoms with E-state index in [9.17, 15) is 4.79 Å². The van der Waals surface area contributed by atoms with Gasteiger partial charge in [0.1, 0.15) is 5.82 Å². The number of fused-ring (bicyclic) bond motifs is 1. The van der Waals surface area contributed by atoms with E-state index < -0.39 is 0 Å². The molecule has 1 aliphatic rings. The topological polar surface area (TPSA) is 88.6 Å². The molecular formula is C28H33N5O3. The van der Waals surface area contributed by atoms with E-state index in [-0.39, 0.29) is 5.91 Å². The van der Waals surface area contributed by atoms with Crippen LogP contribution in [0.5, 0.6) is 11.5 Å². The number of ether oxygens (including phenoxy) is 2. The van der Waals surface area contributed by atoms with Gasteiger partial charge in [0.25, 0.3) is 0 Å². The van der Waals surface area contributed by atoms with Crippen molar-refractivity contribution in [1.82, 2.24) is 20.2 Å². The van der Waals surface area contributed by atoms with Crippen LogP contribution in [0, 0.1) is 0 Å². The maximum absolute atomic E-state index is 11.4. The molecule has 4 rings (SSSR count). The molecule has 1 aromatic heterocycles. The van der Waals surface area contributed by atoms with E-state index in [0.29, 0.717) is 29.9 Å². The summed E-state index contributed by atoms with van der Waals surface area (Å²) in [5.74, 6) is 2.32. The number of carbonyl (C=O) groups excluding carboxylic acids is 1. The number of hydrogen-bond acceptors (Lipinski definition) is 7. The maximum Gasteiger partial charge on any atom is 0.243 e. The Labute approximate surface area is 212 Å². The molecule has 0 aliphatic carbocycles. The summed E-state index contributed by atoms with van der Waals surface area (Å²) in [4.78, 5) is 23.4. The largest absolute Gasteiger partial charge is 0.493 e. The molecule has 8 nitrogen and oxygen atoms in total. The Morgan fingerprint density at radius 2 is 1.83 bits per heavy atom. The van der Waals surface area contributed by atoms with Gasteiger partial charge in [-0.1, -0.05) is 43.0 Å². The van der Waals surface area contributed by atoms with Crippen LogP contribution in [0.25, 0.3) is 17.0 Å². The zero-order chi connectivity index (χ0) is 25.3. The van der Waals surface area contributed by atoms with Crippen molar-refractivity contribution in [2.24, 2.45) is 0 Å². The molecular weight excluding hydrogens is 454 g/mol. The van der Waals surface area contributed by atoms with Gasteiger partial charge in [-0.2, -0.15) is 0 Å².